The van der Waals surface area contributed by atoms with Crippen molar-refractivity contribution in [3.63, 3.8) is 0 Å². The van der Waals surface area contributed by atoms with Gasteiger partial charge in [0.15, 0.2) is 0 Å². The number of carbonyl (C=O) groups excluding carboxylic acids is 2. The molecular weight excluding hydrogens is 291 g/mol. The maximum Gasteiger partial charge on any atom is 0.325 e. The van der Waals surface area contributed by atoms with Gasteiger partial charge in [-0.05, 0) is 24.6 Å². The molecule has 0 radical (unpaired) electrons. The minimum atomic E-state index is -1.47. The minimum absolute atomic E-state index is 0.192. The van der Waals surface area contributed by atoms with Gasteiger partial charge in [0.05, 0.1) is 5.02 Å². The second-order valence-electron chi connectivity index (χ2n) is 4.47. The average molecular weight is 301 g/mol. The topological polar surface area (TPSA) is 86.7 Å². The Kier molecular flexibility index (Phi) is 3.39. The molecule has 20 heavy (non-hydrogen) atoms. The number of hydrogen-bond acceptors (Lipinski definition) is 3. The number of nitrogens with one attached hydrogen (secondary N) is 1. The van der Waals surface area contributed by atoms with Gasteiger partial charge in [0.1, 0.15) is 17.9 Å². The highest BCUT2D eigenvalue weighted by molar-refractivity contribution is 6.30. The van der Waals surface area contributed by atoms with Crippen LogP contribution in [0.1, 0.15) is 12.5 Å². The zero-order chi connectivity index (χ0) is 15.1. The lowest BCUT2D eigenvalue weighted by atomic mass is 9.92. The van der Waals surface area contributed by atoms with E-state index in [1.807, 2.05) is 0 Å². The second-order valence-corrected chi connectivity index (χ2v) is 4.88. The standard InChI is InChI=1S/C12H10ClFN2O4/c1-12(6-2-3-8(14)7(13)4-6)10(19)16(5-9(17)18)11(20)15-12/h2-4H,5H2,1H3,(H,15,20)(H,17,18)/t12-/m0/s1. The molecule has 1 aliphatic rings. The quantitative estimate of drug-likeness (QED) is 0.825. The first kappa shape index (κ1) is 14.3. The van der Waals surface area contributed by atoms with Crippen LogP contribution in [0.2, 0.25) is 5.02 Å². The Hall–Kier alpha value is -2.15. The molecular formula is C12H10ClFN2O4. The van der Waals surface area contributed by atoms with E-state index in [4.69, 9.17) is 16.7 Å². The fraction of sp³-hybridized carbons (Fsp3) is 0.250. The first-order chi connectivity index (χ1) is 9.25. The van der Waals surface area contributed by atoms with E-state index in [9.17, 15) is 18.8 Å². The molecule has 2 rings (SSSR count). The van der Waals surface area contributed by atoms with Crippen LogP contribution in [0.4, 0.5) is 9.18 Å². The molecule has 1 fully saturated rings. The van der Waals surface area contributed by atoms with Crippen LogP contribution in [0.5, 0.6) is 0 Å². The van der Waals surface area contributed by atoms with Crippen LogP contribution in [0, 0.1) is 5.82 Å². The van der Waals surface area contributed by atoms with Gasteiger partial charge in [-0.25, -0.2) is 9.18 Å². The summed E-state index contributed by atoms with van der Waals surface area (Å²) in [7, 11) is 0. The summed E-state index contributed by atoms with van der Waals surface area (Å²) in [5, 5.41) is 10.9. The SMILES string of the molecule is C[C@@]1(c2ccc(F)c(Cl)c2)NC(=O)N(CC(=O)O)C1=O. The number of carboxylic acids is 1. The summed E-state index contributed by atoms with van der Waals surface area (Å²) in [6, 6.07) is 2.78. The molecule has 1 aliphatic heterocycles. The molecule has 1 aromatic rings. The second kappa shape index (κ2) is 4.75. The average Bonchev–Trinajstić information content (AvgIpc) is 2.57. The normalized spacial score (nSPS) is 22.1. The predicted octanol–water partition coefficient (Wildman–Crippen LogP) is 1.33. The number of carboxylic acid groups (broad SMARTS) is 1. The number of urea groups is 1. The highest BCUT2D eigenvalue weighted by atomic mass is 35.5. The van der Waals surface area contributed by atoms with Gasteiger partial charge < -0.3 is 10.4 Å². The third-order valence-electron chi connectivity index (χ3n) is 3.07. The highest BCUT2D eigenvalue weighted by Crippen LogP contribution is 2.31. The van der Waals surface area contributed by atoms with Crippen molar-refractivity contribution in [1.82, 2.24) is 10.2 Å². The lowest BCUT2D eigenvalue weighted by Gasteiger charge is -2.22. The summed E-state index contributed by atoms with van der Waals surface area (Å²) < 4.78 is 13.1. The van der Waals surface area contributed by atoms with Crippen molar-refractivity contribution in [2.24, 2.45) is 0 Å². The van der Waals surface area contributed by atoms with Crippen molar-refractivity contribution >= 4 is 29.5 Å². The molecule has 1 aromatic carbocycles. The summed E-state index contributed by atoms with van der Waals surface area (Å²) in [6.07, 6.45) is 0. The fourth-order valence-corrected chi connectivity index (χ4v) is 2.16. The summed E-state index contributed by atoms with van der Waals surface area (Å²) in [4.78, 5) is 35.1. The van der Waals surface area contributed by atoms with Crippen LogP contribution in [0.3, 0.4) is 0 Å². The van der Waals surface area contributed by atoms with E-state index in [2.05, 4.69) is 5.32 Å². The smallest absolute Gasteiger partial charge is 0.325 e. The van der Waals surface area contributed by atoms with Crippen molar-refractivity contribution in [1.29, 1.82) is 0 Å². The Morgan fingerprint density at radius 3 is 2.70 bits per heavy atom. The van der Waals surface area contributed by atoms with Gasteiger partial charge in [-0.2, -0.15) is 0 Å². The Morgan fingerprint density at radius 2 is 2.15 bits per heavy atom. The third kappa shape index (κ3) is 2.20. The number of amides is 3. The number of benzene rings is 1. The van der Waals surface area contributed by atoms with Gasteiger partial charge in [0, 0.05) is 0 Å². The molecule has 0 bridgehead atoms. The number of halogens is 2. The first-order valence-corrected chi connectivity index (χ1v) is 5.95. The Labute approximate surface area is 118 Å². The van der Waals surface area contributed by atoms with Crippen LogP contribution in [0.25, 0.3) is 0 Å². The van der Waals surface area contributed by atoms with E-state index >= 15 is 0 Å². The van der Waals surface area contributed by atoms with E-state index in [1.165, 1.54) is 19.1 Å². The van der Waals surface area contributed by atoms with Gasteiger partial charge >= 0.3 is 12.0 Å². The van der Waals surface area contributed by atoms with E-state index in [-0.39, 0.29) is 10.6 Å². The number of aliphatic carboxylic acids is 1. The number of nitrogens with zero attached hydrogens (tertiary/aromatic N) is 1. The monoisotopic (exact) mass is 300 g/mol. The molecule has 1 atom stereocenters. The zero-order valence-corrected chi connectivity index (χ0v) is 11.1. The molecule has 0 aliphatic carbocycles. The largest absolute Gasteiger partial charge is 0.480 e. The van der Waals surface area contributed by atoms with Crippen molar-refractivity contribution in [2.75, 3.05) is 6.54 Å². The highest BCUT2D eigenvalue weighted by Gasteiger charge is 2.49. The molecule has 1 heterocycles. The number of rotatable bonds is 3. The van der Waals surface area contributed by atoms with Gasteiger partial charge in [-0.1, -0.05) is 17.7 Å². The molecule has 2 N–H and O–H groups in total. The Bertz CT molecular complexity index is 621. The fourth-order valence-electron chi connectivity index (χ4n) is 1.98. The molecule has 106 valence electrons. The van der Waals surface area contributed by atoms with E-state index in [0.717, 1.165) is 6.07 Å². The Morgan fingerprint density at radius 1 is 1.50 bits per heavy atom. The van der Waals surface area contributed by atoms with Gasteiger partial charge in [0.2, 0.25) is 0 Å². The van der Waals surface area contributed by atoms with E-state index < -0.39 is 35.8 Å². The van der Waals surface area contributed by atoms with Crippen LogP contribution in [-0.2, 0) is 15.1 Å². The van der Waals surface area contributed by atoms with Crippen molar-refractivity contribution in [2.45, 2.75) is 12.5 Å². The van der Waals surface area contributed by atoms with Crippen molar-refractivity contribution in [3.05, 3.63) is 34.6 Å². The summed E-state index contributed by atoms with van der Waals surface area (Å²) in [5.74, 6) is -2.69. The van der Waals surface area contributed by atoms with E-state index in [0.29, 0.717) is 4.90 Å². The third-order valence-corrected chi connectivity index (χ3v) is 3.35. The first-order valence-electron chi connectivity index (χ1n) is 5.57. The maximum absolute atomic E-state index is 13.1. The molecule has 3 amide bonds. The van der Waals surface area contributed by atoms with Crippen molar-refractivity contribution < 1.29 is 23.9 Å². The predicted molar refractivity (Wildman–Crippen MR) is 66.6 cm³/mol. The molecule has 0 spiro atoms. The molecule has 6 nitrogen and oxygen atoms in total. The lowest BCUT2D eigenvalue weighted by Crippen LogP contribution is -2.41. The zero-order valence-electron chi connectivity index (χ0n) is 10.3. The molecule has 0 saturated carbocycles. The lowest BCUT2D eigenvalue weighted by molar-refractivity contribution is -0.142. The van der Waals surface area contributed by atoms with Gasteiger partial charge in [0.25, 0.3) is 5.91 Å². The molecule has 1 saturated heterocycles. The van der Waals surface area contributed by atoms with Crippen LogP contribution in [-0.4, -0.2) is 34.5 Å². The number of hydrogen-bond donors (Lipinski definition) is 2. The van der Waals surface area contributed by atoms with Gasteiger partial charge in [-0.3, -0.25) is 14.5 Å². The Balaban J connectivity index is 2.40. The molecule has 0 aromatic heterocycles. The maximum atomic E-state index is 13.1. The number of imide groups is 1. The minimum Gasteiger partial charge on any atom is -0.480 e. The molecule has 8 heteroatoms. The number of carbonyl (C=O) groups is 3. The van der Waals surface area contributed by atoms with Crippen LogP contribution < -0.4 is 5.32 Å². The van der Waals surface area contributed by atoms with E-state index in [1.54, 1.807) is 0 Å². The summed E-state index contributed by atoms with van der Waals surface area (Å²) in [5.41, 5.74) is -1.20. The summed E-state index contributed by atoms with van der Waals surface area (Å²) >= 11 is 5.65. The van der Waals surface area contributed by atoms with Crippen LogP contribution >= 0.6 is 11.6 Å². The van der Waals surface area contributed by atoms with Crippen molar-refractivity contribution in [3.8, 4) is 0 Å². The summed E-state index contributed by atoms with van der Waals surface area (Å²) in [6.45, 7) is 0.661. The van der Waals surface area contributed by atoms with Crippen LogP contribution in [0.15, 0.2) is 18.2 Å². The molecule has 0 unspecified atom stereocenters. The van der Waals surface area contributed by atoms with Gasteiger partial charge in [-0.15, -0.1) is 0 Å².